The fourth-order valence-corrected chi connectivity index (χ4v) is 4.18. The quantitative estimate of drug-likeness (QED) is 0.617. The zero-order valence-corrected chi connectivity index (χ0v) is 18.2. The number of aryl methyl sites for hydroxylation is 1. The molecule has 8 heteroatoms. The van der Waals surface area contributed by atoms with Crippen LogP contribution in [0.5, 0.6) is 0 Å². The van der Waals surface area contributed by atoms with Gasteiger partial charge in [-0.3, -0.25) is 0 Å². The Hall–Kier alpha value is -2.06. The monoisotopic (exact) mass is 408 g/mol. The highest BCUT2D eigenvalue weighted by Gasteiger charge is 2.24. The van der Waals surface area contributed by atoms with Crippen molar-refractivity contribution < 1.29 is 19.1 Å². The molecule has 0 atom stereocenters. The molecule has 2 aromatic rings. The van der Waals surface area contributed by atoms with Gasteiger partial charge in [-0.2, -0.15) is 0 Å². The zero-order valence-electron chi connectivity index (χ0n) is 16.6. The maximum absolute atomic E-state index is 12.4. The van der Waals surface area contributed by atoms with Crippen molar-refractivity contribution in [1.29, 1.82) is 0 Å². The molecule has 0 aliphatic rings. The van der Waals surface area contributed by atoms with Crippen LogP contribution in [-0.2, 0) is 9.47 Å². The van der Waals surface area contributed by atoms with Gasteiger partial charge in [-0.05, 0) is 54.5 Å². The third-order valence-electron chi connectivity index (χ3n) is 3.12. The molecule has 0 fully saturated rings. The van der Waals surface area contributed by atoms with Gasteiger partial charge >= 0.3 is 11.9 Å². The largest absolute Gasteiger partial charge is 0.458 e. The first-order valence-electron chi connectivity index (χ1n) is 8.64. The molecule has 2 rings (SSSR count). The van der Waals surface area contributed by atoms with Crippen LogP contribution in [0.3, 0.4) is 0 Å². The number of esters is 2. The zero-order chi connectivity index (χ0) is 20.3. The van der Waals surface area contributed by atoms with Gasteiger partial charge in [0.25, 0.3) is 0 Å². The van der Waals surface area contributed by atoms with Crippen LogP contribution in [0.2, 0.25) is 0 Å². The summed E-state index contributed by atoms with van der Waals surface area (Å²) in [5.41, 5.74) is 1.60. The first-order valence-corrected chi connectivity index (χ1v) is 10.3. The number of hydrogen-bond donors (Lipinski definition) is 0. The normalized spacial score (nSPS) is 11.0. The van der Waals surface area contributed by atoms with Gasteiger partial charge in [-0.25, -0.2) is 19.6 Å². The Kier molecular flexibility index (Phi) is 6.89. The van der Waals surface area contributed by atoms with Gasteiger partial charge in [0.15, 0.2) is 21.4 Å². The predicted molar refractivity (Wildman–Crippen MR) is 108 cm³/mol. The van der Waals surface area contributed by atoms with Crippen molar-refractivity contribution in [1.82, 2.24) is 9.97 Å². The summed E-state index contributed by atoms with van der Waals surface area (Å²) in [6, 6.07) is 0. The minimum Gasteiger partial charge on any atom is -0.458 e. The molecule has 27 heavy (non-hydrogen) atoms. The fraction of sp³-hybridized carbons (Fsp3) is 0.474. The number of hydrogen-bond acceptors (Lipinski definition) is 8. The molecule has 0 aromatic carbocycles. The Labute approximate surface area is 167 Å². The average molecular weight is 409 g/mol. The molecule has 0 aliphatic heterocycles. The number of thiazole rings is 2. The van der Waals surface area contributed by atoms with E-state index < -0.39 is 11.9 Å². The van der Waals surface area contributed by atoms with Gasteiger partial charge in [-0.15, -0.1) is 22.7 Å². The minimum atomic E-state index is -0.465. The van der Waals surface area contributed by atoms with Crippen molar-refractivity contribution in [3.63, 3.8) is 0 Å². The van der Waals surface area contributed by atoms with E-state index in [-0.39, 0.29) is 23.6 Å². The number of carbonyl (C=O) groups excluding carboxylic acids is 2. The maximum atomic E-state index is 12.4. The van der Waals surface area contributed by atoms with E-state index in [9.17, 15) is 9.59 Å². The molecule has 0 bridgehead atoms. The van der Waals surface area contributed by atoms with Crippen molar-refractivity contribution >= 4 is 40.7 Å². The van der Waals surface area contributed by atoms with Crippen molar-refractivity contribution in [2.24, 2.45) is 0 Å². The van der Waals surface area contributed by atoms with Gasteiger partial charge in [0.05, 0.1) is 17.1 Å². The second-order valence-electron chi connectivity index (χ2n) is 6.79. The summed E-state index contributed by atoms with van der Waals surface area (Å²) < 4.78 is 10.5. The lowest BCUT2D eigenvalue weighted by Gasteiger charge is -2.06. The summed E-state index contributed by atoms with van der Waals surface area (Å²) in [7, 11) is 0. The first-order chi connectivity index (χ1) is 12.6. The van der Waals surface area contributed by atoms with Gasteiger partial charge in [0.2, 0.25) is 0 Å². The average Bonchev–Trinajstić information content (AvgIpc) is 3.09. The molecule has 0 saturated carbocycles. The number of allylic oxidation sites excluding steroid dienone is 1. The first kappa shape index (κ1) is 21.2. The van der Waals surface area contributed by atoms with Gasteiger partial charge in [0, 0.05) is 4.88 Å². The summed E-state index contributed by atoms with van der Waals surface area (Å²) in [4.78, 5) is 34.9. The minimum absolute atomic E-state index is 0.219. The number of aromatic nitrogens is 2. The second kappa shape index (κ2) is 8.75. The van der Waals surface area contributed by atoms with Gasteiger partial charge in [-0.1, -0.05) is 5.57 Å². The summed E-state index contributed by atoms with van der Waals surface area (Å²) >= 11 is 2.70. The molecule has 146 valence electrons. The molecule has 2 aromatic heterocycles. The van der Waals surface area contributed by atoms with E-state index in [0.29, 0.717) is 10.0 Å². The molecule has 0 spiro atoms. The second-order valence-corrected chi connectivity index (χ2v) is 9.02. The van der Waals surface area contributed by atoms with Crippen LogP contribution in [0.4, 0.5) is 0 Å². The highest BCUT2D eigenvalue weighted by atomic mass is 32.1. The summed E-state index contributed by atoms with van der Waals surface area (Å²) in [6.45, 7) is 12.9. The third-order valence-corrected chi connectivity index (χ3v) is 5.24. The Bertz CT molecular complexity index is 874. The fourth-order valence-electron chi connectivity index (χ4n) is 2.15. The maximum Gasteiger partial charge on any atom is 0.358 e. The molecular formula is C19H24N2O4S2. The van der Waals surface area contributed by atoms with Crippen LogP contribution in [0.25, 0.3) is 16.1 Å². The van der Waals surface area contributed by atoms with Crippen LogP contribution in [0.15, 0.2) is 5.57 Å². The molecule has 0 amide bonds. The van der Waals surface area contributed by atoms with Crippen LogP contribution in [-0.4, -0.2) is 34.1 Å². The summed E-state index contributed by atoms with van der Waals surface area (Å²) in [6.07, 6.45) is 1.44. The van der Waals surface area contributed by atoms with Gasteiger partial charge < -0.3 is 9.47 Å². The smallest absolute Gasteiger partial charge is 0.358 e. The van der Waals surface area contributed by atoms with Crippen molar-refractivity contribution in [2.75, 3.05) is 0 Å². The standard InChI is InChI=1S/C19H24N2O4S2/c1-9(2)8-13-15(19(23)25-11(5)6)21-17(27-13)16-20-14(12(7)26-16)18(22)24-10(3)4/h8,10-11H,1-7H3. The van der Waals surface area contributed by atoms with E-state index >= 15 is 0 Å². The Balaban J connectivity index is 2.44. The molecule has 0 radical (unpaired) electrons. The number of carbonyl (C=O) groups is 2. The molecule has 0 N–H and O–H groups in total. The van der Waals surface area contributed by atoms with Crippen LogP contribution in [0, 0.1) is 6.92 Å². The molecule has 0 aliphatic carbocycles. The molecule has 0 unspecified atom stereocenters. The van der Waals surface area contributed by atoms with Crippen molar-refractivity contribution in [3.05, 3.63) is 26.7 Å². The number of ether oxygens (including phenoxy) is 2. The third kappa shape index (κ3) is 5.46. The van der Waals surface area contributed by atoms with Crippen LogP contribution < -0.4 is 0 Å². The summed E-state index contributed by atoms with van der Waals surface area (Å²) in [5, 5.41) is 1.16. The number of rotatable bonds is 6. The van der Waals surface area contributed by atoms with E-state index in [2.05, 4.69) is 9.97 Å². The molecule has 6 nitrogen and oxygen atoms in total. The highest BCUT2D eigenvalue weighted by Crippen LogP contribution is 2.34. The van der Waals surface area contributed by atoms with E-state index in [0.717, 1.165) is 15.3 Å². The highest BCUT2D eigenvalue weighted by molar-refractivity contribution is 7.22. The Morgan fingerprint density at radius 1 is 0.889 bits per heavy atom. The van der Waals surface area contributed by atoms with E-state index in [4.69, 9.17) is 9.47 Å². The lowest BCUT2D eigenvalue weighted by molar-refractivity contribution is 0.0360. The topological polar surface area (TPSA) is 78.4 Å². The predicted octanol–water partition coefficient (Wildman–Crippen LogP) is 5.13. The van der Waals surface area contributed by atoms with Crippen LogP contribution >= 0.6 is 22.7 Å². The Morgan fingerprint density at radius 3 is 1.89 bits per heavy atom. The van der Waals surface area contributed by atoms with Gasteiger partial charge in [0.1, 0.15) is 0 Å². The Morgan fingerprint density at radius 2 is 1.37 bits per heavy atom. The lowest BCUT2D eigenvalue weighted by atomic mass is 10.2. The van der Waals surface area contributed by atoms with E-state index in [1.807, 2.05) is 26.8 Å². The lowest BCUT2D eigenvalue weighted by Crippen LogP contribution is -2.13. The van der Waals surface area contributed by atoms with Crippen molar-refractivity contribution in [3.8, 4) is 10.0 Å². The molecule has 0 saturated heterocycles. The summed E-state index contributed by atoms with van der Waals surface area (Å²) in [5.74, 6) is -0.918. The molecule has 2 heterocycles. The SMILES string of the molecule is CC(C)=Cc1sc(-c2nc(C(=O)OC(C)C)c(C)s2)nc1C(=O)OC(C)C. The van der Waals surface area contributed by atoms with E-state index in [1.54, 1.807) is 27.7 Å². The molecular weight excluding hydrogens is 384 g/mol. The van der Waals surface area contributed by atoms with Crippen LogP contribution in [0.1, 0.15) is 72.3 Å². The number of nitrogens with zero attached hydrogens (tertiary/aromatic N) is 2. The van der Waals surface area contributed by atoms with E-state index in [1.165, 1.54) is 22.7 Å². The van der Waals surface area contributed by atoms with Crippen molar-refractivity contribution in [2.45, 2.75) is 60.7 Å².